The van der Waals surface area contributed by atoms with Crippen molar-refractivity contribution in [2.75, 3.05) is 6.54 Å². The highest BCUT2D eigenvalue weighted by Crippen LogP contribution is 1.98. The van der Waals surface area contributed by atoms with Crippen molar-refractivity contribution < 1.29 is 9.59 Å². The number of amides is 2. The number of hydrogen-bond acceptors (Lipinski definition) is 3. The van der Waals surface area contributed by atoms with E-state index in [2.05, 4.69) is 10.6 Å². The fraction of sp³-hybridized carbons (Fsp3) is 0.667. The molecule has 0 aromatic carbocycles. The molecule has 2 N–H and O–H groups in total. The Morgan fingerprint density at radius 2 is 2.00 bits per heavy atom. The van der Waals surface area contributed by atoms with Crippen LogP contribution in [0.1, 0.15) is 27.2 Å². The van der Waals surface area contributed by atoms with Crippen molar-refractivity contribution in [2.24, 2.45) is 0 Å². The molecule has 0 spiro atoms. The van der Waals surface area contributed by atoms with E-state index in [1.807, 2.05) is 6.07 Å². The Morgan fingerprint density at radius 1 is 1.43 bits per heavy atom. The second-order valence-corrected chi connectivity index (χ2v) is 3.52. The molecule has 0 aromatic rings. The molecule has 0 fully saturated rings. The Morgan fingerprint density at radius 3 is 2.43 bits per heavy atom. The van der Waals surface area contributed by atoms with Gasteiger partial charge in [-0.2, -0.15) is 5.26 Å². The summed E-state index contributed by atoms with van der Waals surface area (Å²) in [5, 5.41) is 13.6. The van der Waals surface area contributed by atoms with Gasteiger partial charge >= 0.3 is 0 Å². The molecule has 2 amide bonds. The van der Waals surface area contributed by atoms with Crippen LogP contribution < -0.4 is 10.6 Å². The van der Waals surface area contributed by atoms with Gasteiger partial charge in [-0.15, -0.1) is 0 Å². The molecular formula is C9H15N3O2. The predicted octanol–water partition coefficient (Wildman–Crippen LogP) is -0.0690. The monoisotopic (exact) mass is 197 g/mol. The Balaban J connectivity index is 3.78. The molecule has 0 aliphatic carbocycles. The third kappa shape index (κ3) is 6.00. The van der Waals surface area contributed by atoms with Gasteiger partial charge in [-0.05, 0) is 13.8 Å². The molecule has 5 nitrogen and oxygen atoms in total. The summed E-state index contributed by atoms with van der Waals surface area (Å²) in [6.45, 7) is 4.91. The summed E-state index contributed by atoms with van der Waals surface area (Å²) in [6.07, 6.45) is 0.185. The van der Waals surface area contributed by atoms with Gasteiger partial charge in [0.15, 0.2) is 0 Å². The lowest BCUT2D eigenvalue weighted by atomic mass is 10.1. The Labute approximate surface area is 83.5 Å². The predicted molar refractivity (Wildman–Crippen MR) is 51.1 cm³/mol. The van der Waals surface area contributed by atoms with Crippen molar-refractivity contribution in [1.82, 2.24) is 10.6 Å². The Hall–Kier alpha value is -1.57. The highest BCUT2D eigenvalue weighted by Gasteiger charge is 2.18. The van der Waals surface area contributed by atoms with Crippen LogP contribution >= 0.6 is 0 Å². The second-order valence-electron chi connectivity index (χ2n) is 3.52. The molecule has 0 atom stereocenters. The molecule has 0 saturated heterocycles. The van der Waals surface area contributed by atoms with Crippen LogP contribution in [0, 0.1) is 11.3 Å². The molecular weight excluding hydrogens is 182 g/mol. The minimum Gasteiger partial charge on any atom is -0.356 e. The first kappa shape index (κ1) is 12.4. The van der Waals surface area contributed by atoms with Gasteiger partial charge in [0.05, 0.1) is 6.07 Å². The standard InChI is InChI=1S/C9H15N3O2/c1-7(13)11-5-4-8(14)12-9(2,3)6-10/h4-5H2,1-3H3,(H,11,13)(H,12,14). The quantitative estimate of drug-likeness (QED) is 0.662. The molecule has 0 bridgehead atoms. The lowest BCUT2D eigenvalue weighted by molar-refractivity contribution is -0.122. The normalized spacial score (nSPS) is 10.1. The van der Waals surface area contributed by atoms with Crippen molar-refractivity contribution in [3.63, 3.8) is 0 Å². The van der Waals surface area contributed by atoms with Gasteiger partial charge in [-0.3, -0.25) is 9.59 Å². The van der Waals surface area contributed by atoms with Crippen LogP contribution in [0.4, 0.5) is 0 Å². The number of nitrogens with zero attached hydrogens (tertiary/aromatic N) is 1. The minimum absolute atomic E-state index is 0.169. The first-order chi connectivity index (χ1) is 6.37. The molecule has 5 heteroatoms. The smallest absolute Gasteiger partial charge is 0.222 e. The molecule has 0 unspecified atom stereocenters. The van der Waals surface area contributed by atoms with E-state index in [1.165, 1.54) is 6.92 Å². The molecule has 0 heterocycles. The number of nitriles is 1. The average molecular weight is 197 g/mol. The summed E-state index contributed by atoms with van der Waals surface area (Å²) in [5.41, 5.74) is -0.854. The summed E-state index contributed by atoms with van der Waals surface area (Å²) in [5.74, 6) is -0.414. The van der Waals surface area contributed by atoms with E-state index in [0.717, 1.165) is 0 Å². The van der Waals surface area contributed by atoms with E-state index < -0.39 is 5.54 Å². The number of rotatable bonds is 4. The topological polar surface area (TPSA) is 82.0 Å². The van der Waals surface area contributed by atoms with E-state index in [4.69, 9.17) is 5.26 Å². The average Bonchev–Trinajstić information content (AvgIpc) is 2.02. The van der Waals surface area contributed by atoms with Crippen molar-refractivity contribution in [3.8, 4) is 6.07 Å². The van der Waals surface area contributed by atoms with E-state index in [-0.39, 0.29) is 18.2 Å². The first-order valence-corrected chi connectivity index (χ1v) is 4.34. The van der Waals surface area contributed by atoms with Gasteiger partial charge in [-0.25, -0.2) is 0 Å². The van der Waals surface area contributed by atoms with Crippen LogP contribution in [0.15, 0.2) is 0 Å². The number of carbonyl (C=O) groups is 2. The van der Waals surface area contributed by atoms with Gasteiger partial charge < -0.3 is 10.6 Å². The highest BCUT2D eigenvalue weighted by atomic mass is 16.2. The van der Waals surface area contributed by atoms with Crippen LogP contribution in [-0.4, -0.2) is 23.9 Å². The molecule has 0 aliphatic rings. The SMILES string of the molecule is CC(=O)NCCC(=O)NC(C)(C)C#N. The van der Waals surface area contributed by atoms with Crippen molar-refractivity contribution in [1.29, 1.82) is 5.26 Å². The van der Waals surface area contributed by atoms with E-state index >= 15 is 0 Å². The summed E-state index contributed by atoms with van der Waals surface area (Å²) >= 11 is 0. The lowest BCUT2D eigenvalue weighted by Crippen LogP contribution is -2.43. The fourth-order valence-corrected chi connectivity index (χ4v) is 0.791. The maximum Gasteiger partial charge on any atom is 0.222 e. The van der Waals surface area contributed by atoms with Crippen LogP contribution in [-0.2, 0) is 9.59 Å². The van der Waals surface area contributed by atoms with Gasteiger partial charge in [0, 0.05) is 19.9 Å². The van der Waals surface area contributed by atoms with E-state index in [1.54, 1.807) is 13.8 Å². The van der Waals surface area contributed by atoms with Crippen molar-refractivity contribution in [2.45, 2.75) is 32.7 Å². The van der Waals surface area contributed by atoms with Crippen LogP contribution in [0.3, 0.4) is 0 Å². The number of hydrogen-bond donors (Lipinski definition) is 2. The summed E-state index contributed by atoms with van der Waals surface area (Å²) < 4.78 is 0. The Bertz CT molecular complexity index is 266. The molecule has 14 heavy (non-hydrogen) atoms. The van der Waals surface area contributed by atoms with Crippen molar-refractivity contribution in [3.05, 3.63) is 0 Å². The zero-order chi connectivity index (χ0) is 11.2. The van der Waals surface area contributed by atoms with Gasteiger partial charge in [0.1, 0.15) is 5.54 Å². The molecule has 0 rings (SSSR count). The third-order valence-corrected chi connectivity index (χ3v) is 1.46. The molecule has 0 aliphatic heterocycles. The van der Waals surface area contributed by atoms with Crippen molar-refractivity contribution >= 4 is 11.8 Å². The van der Waals surface area contributed by atoms with Gasteiger partial charge in [0.25, 0.3) is 0 Å². The van der Waals surface area contributed by atoms with E-state index in [0.29, 0.717) is 6.54 Å². The molecule has 0 aromatic heterocycles. The van der Waals surface area contributed by atoms with Crippen LogP contribution in [0.2, 0.25) is 0 Å². The summed E-state index contributed by atoms with van der Waals surface area (Å²) in [6, 6.07) is 1.95. The summed E-state index contributed by atoms with van der Waals surface area (Å²) in [4.78, 5) is 21.7. The highest BCUT2D eigenvalue weighted by molar-refractivity contribution is 5.78. The Kier molecular flexibility index (Phi) is 4.64. The maximum absolute atomic E-state index is 11.2. The molecule has 0 radical (unpaired) electrons. The number of nitrogens with one attached hydrogen (secondary N) is 2. The minimum atomic E-state index is -0.854. The van der Waals surface area contributed by atoms with Gasteiger partial charge in [0.2, 0.25) is 11.8 Å². The first-order valence-electron chi connectivity index (χ1n) is 4.34. The fourth-order valence-electron chi connectivity index (χ4n) is 0.791. The maximum atomic E-state index is 11.2. The zero-order valence-corrected chi connectivity index (χ0v) is 8.68. The second kappa shape index (κ2) is 5.22. The van der Waals surface area contributed by atoms with Crippen LogP contribution in [0.25, 0.3) is 0 Å². The summed E-state index contributed by atoms with van der Waals surface area (Å²) in [7, 11) is 0. The largest absolute Gasteiger partial charge is 0.356 e. The lowest BCUT2D eigenvalue weighted by Gasteiger charge is -2.17. The number of carbonyl (C=O) groups excluding carboxylic acids is 2. The zero-order valence-electron chi connectivity index (χ0n) is 8.68. The molecule has 0 saturated carbocycles. The van der Waals surface area contributed by atoms with Crippen LogP contribution in [0.5, 0.6) is 0 Å². The van der Waals surface area contributed by atoms with E-state index in [9.17, 15) is 9.59 Å². The molecule has 78 valence electrons. The third-order valence-electron chi connectivity index (χ3n) is 1.46. The van der Waals surface area contributed by atoms with Gasteiger partial charge in [-0.1, -0.05) is 0 Å².